The smallest absolute Gasteiger partial charge is 0.349 e. The second-order valence-corrected chi connectivity index (χ2v) is 4.48. The Bertz CT molecular complexity index is 431. The van der Waals surface area contributed by atoms with Crippen LogP contribution in [0.1, 0.15) is 16.1 Å². The molecule has 0 radical (unpaired) electrons. The Balaban J connectivity index is 2.19. The maximum absolute atomic E-state index is 11.5. The van der Waals surface area contributed by atoms with Crippen molar-refractivity contribution in [2.45, 2.75) is 12.5 Å². The van der Waals surface area contributed by atoms with Crippen LogP contribution in [0.2, 0.25) is 0 Å². The number of methoxy groups -OCH3 is 1. The third-order valence-corrected chi connectivity index (χ3v) is 3.27. The van der Waals surface area contributed by atoms with Crippen molar-refractivity contribution in [3.63, 3.8) is 0 Å². The molecule has 0 spiro atoms. The van der Waals surface area contributed by atoms with Gasteiger partial charge in [0.25, 0.3) is 0 Å². The largest absolute Gasteiger partial charge is 0.465 e. The van der Waals surface area contributed by atoms with Gasteiger partial charge in [0.15, 0.2) is 5.13 Å². The summed E-state index contributed by atoms with van der Waals surface area (Å²) in [6, 6.07) is -0.155. The highest BCUT2D eigenvalue weighted by atomic mass is 32.1. The van der Waals surface area contributed by atoms with E-state index in [1.54, 1.807) is 0 Å². The summed E-state index contributed by atoms with van der Waals surface area (Å²) < 4.78 is 4.56. The zero-order chi connectivity index (χ0) is 11.7. The molecule has 1 aromatic rings. The van der Waals surface area contributed by atoms with Gasteiger partial charge in [0, 0.05) is 19.0 Å². The Kier molecular flexibility index (Phi) is 2.88. The van der Waals surface area contributed by atoms with Crippen LogP contribution in [0.25, 0.3) is 0 Å². The Morgan fingerprint density at radius 3 is 3.06 bits per heavy atom. The van der Waals surface area contributed by atoms with E-state index in [-0.39, 0.29) is 11.9 Å². The summed E-state index contributed by atoms with van der Waals surface area (Å²) in [7, 11) is 1.30. The molecule has 1 fully saturated rings. The fourth-order valence-corrected chi connectivity index (χ4v) is 2.37. The van der Waals surface area contributed by atoms with E-state index in [0.29, 0.717) is 23.0 Å². The molecule has 86 valence electrons. The molecule has 1 unspecified atom stereocenters. The van der Waals surface area contributed by atoms with Crippen LogP contribution in [0.3, 0.4) is 0 Å². The molecule has 0 aromatic carbocycles. The first kappa shape index (κ1) is 11.0. The van der Waals surface area contributed by atoms with E-state index < -0.39 is 5.97 Å². The van der Waals surface area contributed by atoms with Gasteiger partial charge in [0.2, 0.25) is 5.91 Å². The van der Waals surface area contributed by atoms with Gasteiger partial charge in [0.1, 0.15) is 4.88 Å². The summed E-state index contributed by atoms with van der Waals surface area (Å²) in [5.41, 5.74) is 5.67. The lowest BCUT2D eigenvalue weighted by Gasteiger charge is -2.10. The zero-order valence-electron chi connectivity index (χ0n) is 8.67. The molecule has 2 N–H and O–H groups in total. The van der Waals surface area contributed by atoms with E-state index in [9.17, 15) is 9.59 Å². The monoisotopic (exact) mass is 241 g/mol. The van der Waals surface area contributed by atoms with Crippen LogP contribution in [-0.4, -0.2) is 36.6 Å². The fourth-order valence-electron chi connectivity index (χ4n) is 1.50. The number of aromatic nitrogens is 1. The molecule has 1 saturated heterocycles. The molecule has 6 nitrogen and oxygen atoms in total. The van der Waals surface area contributed by atoms with Gasteiger partial charge in [-0.15, -0.1) is 0 Å². The fraction of sp³-hybridized carbons (Fsp3) is 0.444. The van der Waals surface area contributed by atoms with Crippen LogP contribution < -0.4 is 10.6 Å². The van der Waals surface area contributed by atoms with Gasteiger partial charge in [-0.1, -0.05) is 11.3 Å². The minimum absolute atomic E-state index is 0.0572. The van der Waals surface area contributed by atoms with Gasteiger partial charge < -0.3 is 10.5 Å². The highest BCUT2D eigenvalue weighted by Crippen LogP contribution is 2.26. The normalized spacial score (nSPS) is 20.2. The van der Waals surface area contributed by atoms with Gasteiger partial charge in [0.05, 0.1) is 13.3 Å². The van der Waals surface area contributed by atoms with Crippen molar-refractivity contribution >= 4 is 28.3 Å². The number of rotatable bonds is 2. The topological polar surface area (TPSA) is 85.5 Å². The molecule has 1 aromatic heterocycles. The van der Waals surface area contributed by atoms with Crippen molar-refractivity contribution < 1.29 is 14.3 Å². The molecule has 2 heterocycles. The molecule has 16 heavy (non-hydrogen) atoms. The number of amides is 1. The Hall–Kier alpha value is -1.47. The van der Waals surface area contributed by atoms with Crippen molar-refractivity contribution in [2.75, 3.05) is 18.6 Å². The van der Waals surface area contributed by atoms with E-state index >= 15 is 0 Å². The minimum Gasteiger partial charge on any atom is -0.465 e. The van der Waals surface area contributed by atoms with Crippen LogP contribution >= 0.6 is 11.3 Å². The Morgan fingerprint density at radius 2 is 2.50 bits per heavy atom. The van der Waals surface area contributed by atoms with Gasteiger partial charge in [-0.25, -0.2) is 9.78 Å². The molecule has 0 bridgehead atoms. The second-order valence-electron chi connectivity index (χ2n) is 3.47. The van der Waals surface area contributed by atoms with E-state index in [2.05, 4.69) is 9.72 Å². The molecule has 1 amide bonds. The summed E-state index contributed by atoms with van der Waals surface area (Å²) in [4.78, 5) is 28.6. The summed E-state index contributed by atoms with van der Waals surface area (Å²) >= 11 is 1.13. The van der Waals surface area contributed by atoms with Crippen LogP contribution in [-0.2, 0) is 9.53 Å². The minimum atomic E-state index is -0.445. The molecule has 1 atom stereocenters. The lowest BCUT2D eigenvalue weighted by atomic mass is 10.3. The van der Waals surface area contributed by atoms with Gasteiger partial charge in [-0.3, -0.25) is 9.69 Å². The van der Waals surface area contributed by atoms with Crippen LogP contribution in [0.4, 0.5) is 5.13 Å². The van der Waals surface area contributed by atoms with E-state index in [1.165, 1.54) is 18.2 Å². The van der Waals surface area contributed by atoms with Gasteiger partial charge in [-0.05, 0) is 0 Å². The second kappa shape index (κ2) is 4.18. The predicted molar refractivity (Wildman–Crippen MR) is 58.4 cm³/mol. The van der Waals surface area contributed by atoms with Gasteiger partial charge in [-0.2, -0.15) is 0 Å². The molecule has 1 aliphatic rings. The lowest BCUT2D eigenvalue weighted by molar-refractivity contribution is -0.117. The van der Waals surface area contributed by atoms with Crippen molar-refractivity contribution in [1.82, 2.24) is 4.98 Å². The van der Waals surface area contributed by atoms with E-state index in [4.69, 9.17) is 5.73 Å². The molecule has 2 rings (SSSR count). The van der Waals surface area contributed by atoms with E-state index in [0.717, 1.165) is 11.3 Å². The number of esters is 1. The highest BCUT2D eigenvalue weighted by molar-refractivity contribution is 7.17. The lowest BCUT2D eigenvalue weighted by Crippen LogP contribution is -2.27. The first-order chi connectivity index (χ1) is 7.61. The molecule has 1 aliphatic heterocycles. The first-order valence-electron chi connectivity index (χ1n) is 4.72. The van der Waals surface area contributed by atoms with Gasteiger partial charge >= 0.3 is 5.97 Å². The zero-order valence-corrected chi connectivity index (χ0v) is 9.49. The summed E-state index contributed by atoms with van der Waals surface area (Å²) in [6.07, 6.45) is 1.73. The number of nitrogens with zero attached hydrogens (tertiary/aromatic N) is 2. The average Bonchev–Trinajstić information content (AvgIpc) is 2.83. The molecular weight excluding hydrogens is 230 g/mol. The maximum atomic E-state index is 11.5. The number of ether oxygens (including phenoxy) is 1. The number of carbonyl (C=O) groups excluding carboxylic acids is 2. The number of carbonyl (C=O) groups is 2. The number of thiazole rings is 1. The third kappa shape index (κ3) is 1.91. The molecule has 0 aliphatic carbocycles. The number of hydrogen-bond donors (Lipinski definition) is 1. The van der Waals surface area contributed by atoms with Crippen LogP contribution in [0, 0.1) is 0 Å². The van der Waals surface area contributed by atoms with Crippen molar-refractivity contribution in [1.29, 1.82) is 0 Å². The number of anilines is 1. The number of hydrogen-bond acceptors (Lipinski definition) is 6. The van der Waals surface area contributed by atoms with Crippen LogP contribution in [0.15, 0.2) is 6.20 Å². The van der Waals surface area contributed by atoms with E-state index in [1.807, 2.05) is 0 Å². The van der Waals surface area contributed by atoms with Crippen molar-refractivity contribution in [3.05, 3.63) is 11.1 Å². The molecule has 7 heteroatoms. The summed E-state index contributed by atoms with van der Waals surface area (Å²) in [5.74, 6) is -0.502. The first-order valence-corrected chi connectivity index (χ1v) is 5.53. The maximum Gasteiger partial charge on any atom is 0.349 e. The van der Waals surface area contributed by atoms with Crippen molar-refractivity contribution in [3.8, 4) is 0 Å². The Labute approximate surface area is 96.0 Å². The summed E-state index contributed by atoms with van der Waals surface area (Å²) in [5, 5.41) is 0.498. The summed E-state index contributed by atoms with van der Waals surface area (Å²) in [6.45, 7) is 0.451. The van der Waals surface area contributed by atoms with Crippen LogP contribution in [0.5, 0.6) is 0 Å². The SMILES string of the molecule is COC(=O)c1cnc(N2CC(N)CC2=O)s1. The molecule has 0 saturated carbocycles. The standard InChI is InChI=1S/C9H11N3O3S/c1-15-8(14)6-3-11-9(16-6)12-4-5(10)2-7(12)13/h3,5H,2,4,10H2,1H3. The molecular formula is C9H11N3O3S. The highest BCUT2D eigenvalue weighted by Gasteiger charge is 2.30. The predicted octanol–water partition coefficient (Wildman–Crippen LogP) is -0.00630. The third-order valence-electron chi connectivity index (χ3n) is 2.27. The quantitative estimate of drug-likeness (QED) is 0.736. The Morgan fingerprint density at radius 1 is 1.75 bits per heavy atom. The number of nitrogens with two attached hydrogens (primary N) is 1. The van der Waals surface area contributed by atoms with Crippen molar-refractivity contribution in [2.24, 2.45) is 5.73 Å². The average molecular weight is 241 g/mol.